The molecule has 2 amide bonds. The van der Waals surface area contributed by atoms with Gasteiger partial charge in [0.15, 0.2) is 0 Å². The van der Waals surface area contributed by atoms with E-state index < -0.39 is 5.41 Å². The van der Waals surface area contributed by atoms with Crippen LogP contribution >= 0.6 is 0 Å². The van der Waals surface area contributed by atoms with E-state index in [0.29, 0.717) is 32.1 Å². The van der Waals surface area contributed by atoms with Crippen molar-refractivity contribution in [3.8, 4) is 0 Å². The summed E-state index contributed by atoms with van der Waals surface area (Å²) in [5.41, 5.74) is -1.02. The molecule has 1 N–H and O–H groups in total. The zero-order valence-corrected chi connectivity index (χ0v) is 13.7. The van der Waals surface area contributed by atoms with Gasteiger partial charge in [0.05, 0.1) is 0 Å². The highest BCUT2D eigenvalue weighted by molar-refractivity contribution is 6.04. The van der Waals surface area contributed by atoms with Crippen LogP contribution < -0.4 is 10.2 Å². The number of hydrogen-bond acceptors (Lipinski definition) is 5. The summed E-state index contributed by atoms with van der Waals surface area (Å²) >= 11 is 0. The number of nitrogens with one attached hydrogen (secondary N) is 1. The van der Waals surface area contributed by atoms with E-state index in [0.717, 1.165) is 12.8 Å². The molecular weight excluding hydrogens is 294 g/mol. The SMILES string of the molecule is CC(C)(C(=O)NC1CC1)C(=O)N1CCN(c2ncccn2)CC1. The van der Waals surface area contributed by atoms with Gasteiger partial charge in [-0.2, -0.15) is 0 Å². The molecule has 23 heavy (non-hydrogen) atoms. The molecule has 0 unspecified atom stereocenters. The van der Waals surface area contributed by atoms with Gasteiger partial charge in [-0.05, 0) is 32.8 Å². The molecule has 3 rings (SSSR count). The van der Waals surface area contributed by atoms with Crippen molar-refractivity contribution in [2.75, 3.05) is 31.1 Å². The van der Waals surface area contributed by atoms with E-state index in [4.69, 9.17) is 0 Å². The van der Waals surface area contributed by atoms with Gasteiger partial charge in [0.1, 0.15) is 5.41 Å². The molecule has 1 aliphatic carbocycles. The lowest BCUT2D eigenvalue weighted by Gasteiger charge is -2.38. The lowest BCUT2D eigenvalue weighted by Crippen LogP contribution is -2.56. The van der Waals surface area contributed by atoms with Crippen molar-refractivity contribution in [3.05, 3.63) is 18.5 Å². The topological polar surface area (TPSA) is 78.4 Å². The van der Waals surface area contributed by atoms with Crippen LogP contribution in [0.1, 0.15) is 26.7 Å². The Morgan fingerprint density at radius 1 is 1.13 bits per heavy atom. The Kier molecular flexibility index (Phi) is 4.19. The quantitative estimate of drug-likeness (QED) is 0.815. The molecule has 1 aliphatic heterocycles. The van der Waals surface area contributed by atoms with Crippen LogP contribution in [-0.2, 0) is 9.59 Å². The molecule has 2 heterocycles. The van der Waals surface area contributed by atoms with Gasteiger partial charge in [0.25, 0.3) is 0 Å². The van der Waals surface area contributed by atoms with Crippen molar-refractivity contribution in [2.45, 2.75) is 32.7 Å². The van der Waals surface area contributed by atoms with Gasteiger partial charge in [-0.3, -0.25) is 9.59 Å². The van der Waals surface area contributed by atoms with E-state index in [-0.39, 0.29) is 17.9 Å². The van der Waals surface area contributed by atoms with Gasteiger partial charge in [0, 0.05) is 44.6 Å². The van der Waals surface area contributed by atoms with Crippen LogP contribution in [0, 0.1) is 5.41 Å². The minimum Gasteiger partial charge on any atom is -0.352 e. The zero-order valence-electron chi connectivity index (χ0n) is 13.7. The molecule has 7 nitrogen and oxygen atoms in total. The standard InChI is InChI=1S/C16H23N5O2/c1-16(2,13(22)19-12-4-5-12)14(23)20-8-10-21(11-9-20)15-17-6-3-7-18-15/h3,6-7,12H,4-5,8-11H2,1-2H3,(H,19,22). The third-order valence-electron chi connectivity index (χ3n) is 4.42. The second-order valence-electron chi connectivity index (χ2n) is 6.70. The molecular formula is C16H23N5O2. The molecule has 0 bridgehead atoms. The number of carbonyl (C=O) groups is 2. The monoisotopic (exact) mass is 317 g/mol. The van der Waals surface area contributed by atoms with Gasteiger partial charge >= 0.3 is 0 Å². The van der Waals surface area contributed by atoms with Gasteiger partial charge in [-0.1, -0.05) is 0 Å². The Bertz CT molecular complexity index is 577. The molecule has 0 spiro atoms. The number of hydrogen-bond donors (Lipinski definition) is 1. The Morgan fingerprint density at radius 3 is 2.30 bits per heavy atom. The third-order valence-corrected chi connectivity index (χ3v) is 4.42. The van der Waals surface area contributed by atoms with Gasteiger partial charge in [-0.15, -0.1) is 0 Å². The van der Waals surface area contributed by atoms with Crippen molar-refractivity contribution in [1.29, 1.82) is 0 Å². The maximum Gasteiger partial charge on any atom is 0.237 e. The van der Waals surface area contributed by atoms with Crippen LogP contribution in [0.2, 0.25) is 0 Å². The summed E-state index contributed by atoms with van der Waals surface area (Å²) in [5, 5.41) is 2.93. The predicted octanol–water partition coefficient (Wildman–Crippen LogP) is 0.430. The number of nitrogens with zero attached hydrogens (tertiary/aromatic N) is 4. The average molecular weight is 317 g/mol. The maximum absolute atomic E-state index is 12.7. The van der Waals surface area contributed by atoms with Crippen LogP contribution in [0.25, 0.3) is 0 Å². The van der Waals surface area contributed by atoms with E-state index in [2.05, 4.69) is 20.2 Å². The summed E-state index contributed by atoms with van der Waals surface area (Å²) in [5.74, 6) is 0.411. The fourth-order valence-corrected chi connectivity index (χ4v) is 2.65. The molecule has 1 aromatic rings. The van der Waals surface area contributed by atoms with Crippen molar-refractivity contribution in [2.24, 2.45) is 5.41 Å². The summed E-state index contributed by atoms with van der Waals surface area (Å²) in [6.07, 6.45) is 5.47. The molecule has 1 saturated carbocycles. The first kappa shape index (κ1) is 15.7. The minimum atomic E-state index is -1.02. The fraction of sp³-hybridized carbons (Fsp3) is 0.625. The molecule has 2 aliphatic rings. The fourth-order valence-electron chi connectivity index (χ4n) is 2.65. The summed E-state index contributed by atoms with van der Waals surface area (Å²) in [6, 6.07) is 2.05. The number of anilines is 1. The maximum atomic E-state index is 12.7. The van der Waals surface area contributed by atoms with Crippen LogP contribution in [0.4, 0.5) is 5.95 Å². The van der Waals surface area contributed by atoms with Crippen LogP contribution in [-0.4, -0.2) is 58.9 Å². The molecule has 1 saturated heterocycles. The second-order valence-corrected chi connectivity index (χ2v) is 6.70. The molecule has 124 valence electrons. The van der Waals surface area contributed by atoms with E-state index >= 15 is 0 Å². The summed E-state index contributed by atoms with van der Waals surface area (Å²) < 4.78 is 0. The third kappa shape index (κ3) is 3.43. The number of rotatable bonds is 4. The van der Waals surface area contributed by atoms with Crippen LogP contribution in [0.3, 0.4) is 0 Å². The smallest absolute Gasteiger partial charge is 0.237 e. The Hall–Kier alpha value is -2.18. The van der Waals surface area contributed by atoms with Crippen molar-refractivity contribution < 1.29 is 9.59 Å². The number of aromatic nitrogens is 2. The van der Waals surface area contributed by atoms with Crippen molar-refractivity contribution >= 4 is 17.8 Å². The van der Waals surface area contributed by atoms with Gasteiger partial charge in [-0.25, -0.2) is 9.97 Å². The number of carbonyl (C=O) groups excluding carboxylic acids is 2. The number of amides is 2. The van der Waals surface area contributed by atoms with Gasteiger partial charge < -0.3 is 15.1 Å². The zero-order chi connectivity index (χ0) is 16.4. The molecule has 0 aromatic carbocycles. The normalized spacial score (nSPS) is 18.7. The van der Waals surface area contributed by atoms with Crippen LogP contribution in [0.5, 0.6) is 0 Å². The molecule has 0 atom stereocenters. The van der Waals surface area contributed by atoms with Crippen molar-refractivity contribution in [1.82, 2.24) is 20.2 Å². The van der Waals surface area contributed by atoms with E-state index in [9.17, 15) is 9.59 Å². The van der Waals surface area contributed by atoms with Gasteiger partial charge in [0.2, 0.25) is 17.8 Å². The van der Waals surface area contributed by atoms with E-state index in [1.807, 2.05) is 0 Å². The lowest BCUT2D eigenvalue weighted by atomic mass is 9.90. The second kappa shape index (κ2) is 6.14. The summed E-state index contributed by atoms with van der Waals surface area (Å²) in [6.45, 7) is 5.93. The van der Waals surface area contributed by atoms with Crippen molar-refractivity contribution in [3.63, 3.8) is 0 Å². The Balaban J connectivity index is 1.58. The molecule has 7 heteroatoms. The first-order valence-electron chi connectivity index (χ1n) is 8.11. The first-order valence-corrected chi connectivity index (χ1v) is 8.11. The summed E-state index contributed by atoms with van der Waals surface area (Å²) in [4.78, 5) is 37.3. The number of piperazine rings is 1. The average Bonchev–Trinajstić information content (AvgIpc) is 3.39. The van der Waals surface area contributed by atoms with E-state index in [1.165, 1.54) is 0 Å². The highest BCUT2D eigenvalue weighted by Crippen LogP contribution is 2.25. The molecule has 1 aromatic heterocycles. The largest absolute Gasteiger partial charge is 0.352 e. The lowest BCUT2D eigenvalue weighted by molar-refractivity contribution is -0.148. The summed E-state index contributed by atoms with van der Waals surface area (Å²) in [7, 11) is 0. The van der Waals surface area contributed by atoms with Crippen LogP contribution in [0.15, 0.2) is 18.5 Å². The minimum absolute atomic E-state index is 0.107. The van der Waals surface area contributed by atoms with E-state index in [1.54, 1.807) is 37.2 Å². The first-order chi connectivity index (χ1) is 11.0. The highest BCUT2D eigenvalue weighted by Gasteiger charge is 2.41. The highest BCUT2D eigenvalue weighted by atomic mass is 16.2. The predicted molar refractivity (Wildman–Crippen MR) is 85.8 cm³/mol. The Morgan fingerprint density at radius 2 is 1.74 bits per heavy atom. The molecule has 0 radical (unpaired) electrons. The molecule has 2 fully saturated rings. The Labute approximate surface area is 136 Å².